The van der Waals surface area contributed by atoms with E-state index in [-0.39, 0.29) is 18.5 Å². The van der Waals surface area contributed by atoms with E-state index in [9.17, 15) is 19.8 Å². The number of amides is 1. The van der Waals surface area contributed by atoms with E-state index in [1.807, 2.05) is 12.2 Å². The van der Waals surface area contributed by atoms with Gasteiger partial charge in [-0.15, -0.1) is 0 Å². The van der Waals surface area contributed by atoms with E-state index in [4.69, 9.17) is 4.74 Å². The largest absolute Gasteiger partial charge is 0.466 e. The summed E-state index contributed by atoms with van der Waals surface area (Å²) >= 11 is 0. The summed E-state index contributed by atoms with van der Waals surface area (Å²) in [5.41, 5.74) is 0. The molecule has 6 nitrogen and oxygen atoms in total. The standard InChI is InChI=1S/C61H115NO5/c1-3-5-7-9-11-13-15-17-19-20-21-22-23-24-25-27-29-33-37-41-45-49-53-59(64)58(57-63)62-60(65)54-50-46-42-38-34-30-28-32-36-40-44-48-52-56-67-61(66)55-51-47-43-39-35-31-26-18-16-14-12-10-8-6-4-2/h30,34,42,46,49,53,58-59,63-64H,3-29,31-33,35-41,43-45,47-48,50-52,54-57H2,1-2H3,(H,62,65)/b34-30-,46-42-,53-49+. The number of aliphatic hydroxyl groups excluding tert-OH is 2. The van der Waals surface area contributed by atoms with Gasteiger partial charge in [-0.05, 0) is 51.4 Å². The van der Waals surface area contributed by atoms with Gasteiger partial charge in [0.1, 0.15) is 0 Å². The van der Waals surface area contributed by atoms with Gasteiger partial charge in [0.25, 0.3) is 0 Å². The summed E-state index contributed by atoms with van der Waals surface area (Å²) in [6.07, 6.45) is 70.4. The normalized spacial score (nSPS) is 12.8. The van der Waals surface area contributed by atoms with Gasteiger partial charge in [0, 0.05) is 12.8 Å². The molecule has 394 valence electrons. The van der Waals surface area contributed by atoms with Crippen LogP contribution in [0.2, 0.25) is 0 Å². The van der Waals surface area contributed by atoms with E-state index < -0.39 is 12.1 Å². The molecule has 1 amide bonds. The molecule has 0 radical (unpaired) electrons. The highest BCUT2D eigenvalue weighted by molar-refractivity contribution is 5.76. The van der Waals surface area contributed by atoms with Crippen molar-refractivity contribution in [3.63, 3.8) is 0 Å². The molecule has 0 aromatic rings. The van der Waals surface area contributed by atoms with Gasteiger partial charge in [-0.2, -0.15) is 0 Å². The number of carbonyl (C=O) groups excluding carboxylic acids is 2. The molecule has 0 saturated carbocycles. The van der Waals surface area contributed by atoms with Crippen LogP contribution in [0.4, 0.5) is 0 Å². The molecule has 0 aliphatic heterocycles. The van der Waals surface area contributed by atoms with Crippen LogP contribution in [-0.4, -0.2) is 47.4 Å². The van der Waals surface area contributed by atoms with Crippen LogP contribution in [0.3, 0.4) is 0 Å². The summed E-state index contributed by atoms with van der Waals surface area (Å²) in [6.45, 7) is 4.86. The number of allylic oxidation sites excluding steroid dienone is 5. The first-order valence-corrected chi connectivity index (χ1v) is 29.8. The van der Waals surface area contributed by atoms with Crippen LogP contribution in [0.15, 0.2) is 36.5 Å². The van der Waals surface area contributed by atoms with Gasteiger partial charge in [0.2, 0.25) is 5.91 Å². The van der Waals surface area contributed by atoms with Crippen molar-refractivity contribution in [3.05, 3.63) is 36.5 Å². The fourth-order valence-corrected chi connectivity index (χ4v) is 9.10. The highest BCUT2D eigenvalue weighted by atomic mass is 16.5. The van der Waals surface area contributed by atoms with E-state index >= 15 is 0 Å². The third-order valence-corrected chi connectivity index (χ3v) is 13.7. The number of aliphatic hydroxyl groups is 2. The number of hydrogen-bond donors (Lipinski definition) is 3. The first kappa shape index (κ1) is 65.1. The predicted molar refractivity (Wildman–Crippen MR) is 292 cm³/mol. The van der Waals surface area contributed by atoms with Gasteiger partial charge in [-0.1, -0.05) is 288 Å². The van der Waals surface area contributed by atoms with Crippen molar-refractivity contribution in [2.75, 3.05) is 13.2 Å². The lowest BCUT2D eigenvalue weighted by Crippen LogP contribution is -2.45. The van der Waals surface area contributed by atoms with Crippen molar-refractivity contribution in [3.8, 4) is 0 Å². The number of nitrogens with one attached hydrogen (secondary N) is 1. The Morgan fingerprint density at radius 3 is 1.16 bits per heavy atom. The molecular weight excluding hydrogens is 827 g/mol. The third kappa shape index (κ3) is 53.3. The molecule has 2 atom stereocenters. The van der Waals surface area contributed by atoms with E-state index in [2.05, 4.69) is 37.4 Å². The zero-order valence-corrected chi connectivity index (χ0v) is 44.9. The van der Waals surface area contributed by atoms with Crippen molar-refractivity contribution >= 4 is 11.9 Å². The number of esters is 1. The van der Waals surface area contributed by atoms with Crippen LogP contribution < -0.4 is 5.32 Å². The molecule has 2 unspecified atom stereocenters. The summed E-state index contributed by atoms with van der Waals surface area (Å²) in [7, 11) is 0. The topological polar surface area (TPSA) is 95.9 Å². The Labute approximate surface area is 417 Å². The van der Waals surface area contributed by atoms with E-state index in [1.165, 1.54) is 231 Å². The maximum Gasteiger partial charge on any atom is 0.305 e. The Morgan fingerprint density at radius 1 is 0.418 bits per heavy atom. The second kappa shape index (κ2) is 56.7. The van der Waals surface area contributed by atoms with Gasteiger partial charge in [0.05, 0.1) is 25.4 Å². The molecule has 3 N–H and O–H groups in total. The number of hydrogen-bond acceptors (Lipinski definition) is 5. The Bertz CT molecular complexity index is 1090. The molecule has 0 bridgehead atoms. The Morgan fingerprint density at radius 2 is 0.761 bits per heavy atom. The van der Waals surface area contributed by atoms with Gasteiger partial charge in [-0.3, -0.25) is 9.59 Å². The lowest BCUT2D eigenvalue weighted by atomic mass is 10.0. The molecule has 0 aromatic heterocycles. The average Bonchev–Trinajstić information content (AvgIpc) is 3.33. The fourth-order valence-electron chi connectivity index (χ4n) is 9.10. The molecular formula is C61H115NO5. The highest BCUT2D eigenvalue weighted by Crippen LogP contribution is 2.17. The molecule has 0 aromatic carbocycles. The Kier molecular flexibility index (Phi) is 55.0. The molecule has 0 aliphatic rings. The van der Waals surface area contributed by atoms with Crippen LogP contribution in [0.5, 0.6) is 0 Å². The second-order valence-corrected chi connectivity index (χ2v) is 20.3. The van der Waals surface area contributed by atoms with Crippen LogP contribution in [0, 0.1) is 0 Å². The number of carbonyl (C=O) groups is 2. The van der Waals surface area contributed by atoms with Crippen molar-refractivity contribution in [2.24, 2.45) is 0 Å². The van der Waals surface area contributed by atoms with Crippen molar-refractivity contribution in [1.82, 2.24) is 5.32 Å². The minimum absolute atomic E-state index is 0.0153. The summed E-state index contributed by atoms with van der Waals surface area (Å²) in [4.78, 5) is 24.5. The minimum Gasteiger partial charge on any atom is -0.466 e. The van der Waals surface area contributed by atoms with Crippen molar-refractivity contribution < 1.29 is 24.5 Å². The van der Waals surface area contributed by atoms with Crippen molar-refractivity contribution in [2.45, 2.75) is 328 Å². The first-order chi connectivity index (χ1) is 33.0. The third-order valence-electron chi connectivity index (χ3n) is 13.7. The summed E-state index contributed by atoms with van der Waals surface area (Å²) in [6, 6.07) is -0.673. The number of ether oxygens (including phenoxy) is 1. The van der Waals surface area contributed by atoms with E-state index in [0.29, 0.717) is 25.9 Å². The lowest BCUT2D eigenvalue weighted by molar-refractivity contribution is -0.143. The van der Waals surface area contributed by atoms with Gasteiger partial charge in [0.15, 0.2) is 0 Å². The zero-order chi connectivity index (χ0) is 48.6. The van der Waals surface area contributed by atoms with E-state index in [0.717, 1.165) is 51.4 Å². The molecule has 0 heterocycles. The van der Waals surface area contributed by atoms with E-state index in [1.54, 1.807) is 6.08 Å². The van der Waals surface area contributed by atoms with Crippen LogP contribution in [0.25, 0.3) is 0 Å². The fraction of sp³-hybridized carbons (Fsp3) is 0.869. The molecule has 67 heavy (non-hydrogen) atoms. The van der Waals surface area contributed by atoms with Gasteiger partial charge in [-0.25, -0.2) is 0 Å². The number of unbranched alkanes of at least 4 members (excludes halogenated alkanes) is 40. The monoisotopic (exact) mass is 942 g/mol. The van der Waals surface area contributed by atoms with Gasteiger partial charge >= 0.3 is 5.97 Å². The highest BCUT2D eigenvalue weighted by Gasteiger charge is 2.17. The predicted octanol–water partition coefficient (Wildman–Crippen LogP) is 18.4. The molecule has 0 rings (SSSR count). The molecule has 0 fully saturated rings. The van der Waals surface area contributed by atoms with Crippen molar-refractivity contribution in [1.29, 1.82) is 0 Å². The molecule has 6 heteroatoms. The molecule has 0 spiro atoms. The zero-order valence-electron chi connectivity index (χ0n) is 44.9. The average molecular weight is 943 g/mol. The van der Waals surface area contributed by atoms with Crippen LogP contribution >= 0.6 is 0 Å². The number of rotatable bonds is 55. The maximum absolute atomic E-state index is 12.4. The van der Waals surface area contributed by atoms with Crippen LogP contribution in [0.1, 0.15) is 316 Å². The molecule has 0 aliphatic carbocycles. The second-order valence-electron chi connectivity index (χ2n) is 20.3. The van der Waals surface area contributed by atoms with Crippen LogP contribution in [-0.2, 0) is 14.3 Å². The summed E-state index contributed by atoms with van der Waals surface area (Å²) in [5.74, 6) is -0.161. The molecule has 0 saturated heterocycles. The SMILES string of the molecule is CCCCCCCCCCCCCCCCCCCCCC/C=C/C(O)C(CO)NC(=O)CC/C=C\C/C=C\CCCCCCCCOC(=O)CCCCCCCCCCCCCCCCC. The quantitative estimate of drug-likeness (QED) is 0.0321. The lowest BCUT2D eigenvalue weighted by Gasteiger charge is -2.19. The minimum atomic E-state index is -0.880. The van der Waals surface area contributed by atoms with Gasteiger partial charge < -0.3 is 20.3 Å². The maximum atomic E-state index is 12.4. The summed E-state index contributed by atoms with van der Waals surface area (Å²) < 4.78 is 5.46. The first-order valence-electron chi connectivity index (χ1n) is 29.8. The smallest absolute Gasteiger partial charge is 0.305 e. The Hall–Kier alpha value is -1.92. The Balaban J connectivity index is 3.56. The summed E-state index contributed by atoms with van der Waals surface area (Å²) in [5, 5.41) is 23.1.